The fourth-order valence-corrected chi connectivity index (χ4v) is 3.01. The van der Waals surface area contributed by atoms with Gasteiger partial charge < -0.3 is 10.5 Å². The first-order chi connectivity index (χ1) is 9.47. The number of nitrogens with two attached hydrogens (primary N) is 1. The third kappa shape index (κ3) is 3.81. The second-order valence-electron chi connectivity index (χ2n) is 5.09. The Kier molecular flexibility index (Phi) is 5.18. The van der Waals surface area contributed by atoms with Crippen LogP contribution in [0, 0.1) is 0 Å². The molecule has 2 rings (SSSR count). The van der Waals surface area contributed by atoms with Crippen LogP contribution < -0.4 is 10.5 Å². The van der Waals surface area contributed by atoms with Gasteiger partial charge in [-0.1, -0.05) is 29.8 Å². The van der Waals surface area contributed by atoms with E-state index in [2.05, 4.69) is 40.1 Å². The Labute approximate surface area is 132 Å². The molecular formula is C15H19BrN2OS. The highest BCUT2D eigenvalue weighted by molar-refractivity contribution is 9.10. The van der Waals surface area contributed by atoms with Gasteiger partial charge in [0, 0.05) is 27.4 Å². The normalized spacial score (nSPS) is 12.7. The van der Waals surface area contributed by atoms with E-state index in [-0.39, 0.29) is 6.04 Å². The monoisotopic (exact) mass is 354 g/mol. The second kappa shape index (κ2) is 6.70. The number of hydrogen-bond donors (Lipinski definition) is 1. The molecule has 0 saturated heterocycles. The van der Waals surface area contributed by atoms with Crippen LogP contribution in [0.4, 0.5) is 0 Å². The van der Waals surface area contributed by atoms with Crippen molar-refractivity contribution in [2.24, 2.45) is 5.73 Å². The molecule has 0 spiro atoms. The van der Waals surface area contributed by atoms with E-state index in [0.29, 0.717) is 12.5 Å². The summed E-state index contributed by atoms with van der Waals surface area (Å²) >= 11 is 5.14. The van der Waals surface area contributed by atoms with Crippen LogP contribution in [-0.4, -0.2) is 4.98 Å². The van der Waals surface area contributed by atoms with Crippen molar-refractivity contribution in [3.63, 3.8) is 0 Å². The lowest BCUT2D eigenvalue weighted by atomic mass is 10.1. The van der Waals surface area contributed by atoms with E-state index in [1.54, 1.807) is 11.3 Å². The minimum atomic E-state index is -0.0656. The third-order valence-corrected chi connectivity index (χ3v) is 4.59. The second-order valence-corrected chi connectivity index (χ2v) is 6.90. The maximum absolute atomic E-state index is 5.98. The molecule has 2 aromatic rings. The number of ether oxygens (including phenoxy) is 1. The van der Waals surface area contributed by atoms with Crippen molar-refractivity contribution in [3.05, 3.63) is 44.3 Å². The summed E-state index contributed by atoms with van der Waals surface area (Å²) < 4.78 is 6.88. The van der Waals surface area contributed by atoms with Crippen molar-refractivity contribution in [2.75, 3.05) is 0 Å². The molecule has 0 aliphatic heterocycles. The average molecular weight is 355 g/mol. The van der Waals surface area contributed by atoms with Crippen LogP contribution >= 0.6 is 27.3 Å². The minimum Gasteiger partial charge on any atom is -0.487 e. The van der Waals surface area contributed by atoms with E-state index in [1.165, 1.54) is 0 Å². The molecule has 1 aromatic carbocycles. The van der Waals surface area contributed by atoms with Gasteiger partial charge in [-0.25, -0.2) is 4.98 Å². The van der Waals surface area contributed by atoms with Gasteiger partial charge in [-0.2, -0.15) is 0 Å². The van der Waals surface area contributed by atoms with E-state index in [9.17, 15) is 0 Å². The van der Waals surface area contributed by atoms with Gasteiger partial charge in [-0.3, -0.25) is 0 Å². The summed E-state index contributed by atoms with van der Waals surface area (Å²) in [7, 11) is 0. The fourth-order valence-electron chi connectivity index (χ4n) is 1.81. The predicted molar refractivity (Wildman–Crippen MR) is 87.3 cm³/mol. The summed E-state index contributed by atoms with van der Waals surface area (Å²) in [6.45, 7) is 6.72. The van der Waals surface area contributed by atoms with Crippen LogP contribution in [0.5, 0.6) is 5.75 Å². The molecule has 0 bridgehead atoms. The molecular weight excluding hydrogens is 336 g/mol. The smallest absolute Gasteiger partial charge is 0.131 e. The number of halogens is 1. The number of aromatic nitrogens is 1. The summed E-state index contributed by atoms with van der Waals surface area (Å²) in [5.41, 5.74) is 7.95. The number of benzene rings is 1. The van der Waals surface area contributed by atoms with Crippen LogP contribution in [0.25, 0.3) is 0 Å². The molecule has 0 saturated carbocycles. The lowest BCUT2D eigenvalue weighted by Gasteiger charge is -2.13. The highest BCUT2D eigenvalue weighted by Gasteiger charge is 2.11. The van der Waals surface area contributed by atoms with E-state index in [4.69, 9.17) is 10.5 Å². The summed E-state index contributed by atoms with van der Waals surface area (Å²) in [6.07, 6.45) is 0. The Balaban J connectivity index is 2.10. The minimum absolute atomic E-state index is 0.0656. The molecule has 2 N–H and O–H groups in total. The van der Waals surface area contributed by atoms with Gasteiger partial charge in [0.05, 0.1) is 10.7 Å². The van der Waals surface area contributed by atoms with Gasteiger partial charge in [0.25, 0.3) is 0 Å². The van der Waals surface area contributed by atoms with Crippen molar-refractivity contribution in [1.82, 2.24) is 4.98 Å². The van der Waals surface area contributed by atoms with Crippen molar-refractivity contribution >= 4 is 27.3 Å². The van der Waals surface area contributed by atoms with Gasteiger partial charge in [-0.05, 0) is 25.1 Å². The van der Waals surface area contributed by atoms with Gasteiger partial charge in [0.1, 0.15) is 12.4 Å². The molecule has 3 nitrogen and oxygen atoms in total. The van der Waals surface area contributed by atoms with E-state index < -0.39 is 0 Å². The Hall–Kier alpha value is -0.910. The number of hydrogen-bond acceptors (Lipinski definition) is 4. The first-order valence-corrected chi connectivity index (χ1v) is 8.26. The Morgan fingerprint density at radius 3 is 2.70 bits per heavy atom. The van der Waals surface area contributed by atoms with E-state index >= 15 is 0 Å². The van der Waals surface area contributed by atoms with Gasteiger partial charge >= 0.3 is 0 Å². The third-order valence-electron chi connectivity index (χ3n) is 2.90. The molecule has 0 amide bonds. The summed E-state index contributed by atoms with van der Waals surface area (Å²) in [5, 5.41) is 3.20. The van der Waals surface area contributed by atoms with Crippen LogP contribution in [0.3, 0.4) is 0 Å². The maximum atomic E-state index is 5.98. The Bertz CT molecular complexity index is 581. The standard InChI is InChI=1S/C15H19BrN2OS/c1-9(2)15-18-12(8-20-15)7-19-14-5-4-11(16)6-13(14)10(3)17/h4-6,8-10H,7,17H2,1-3H3/t10-/m0/s1. The zero-order valence-corrected chi connectivity index (χ0v) is 14.3. The molecule has 0 fully saturated rings. The van der Waals surface area contributed by atoms with Crippen LogP contribution in [0.15, 0.2) is 28.1 Å². The summed E-state index contributed by atoms with van der Waals surface area (Å²) in [5.74, 6) is 1.28. The number of rotatable bonds is 5. The maximum Gasteiger partial charge on any atom is 0.131 e. The lowest BCUT2D eigenvalue weighted by molar-refractivity contribution is 0.297. The predicted octanol–water partition coefficient (Wildman–Crippen LogP) is 4.63. The van der Waals surface area contributed by atoms with Crippen molar-refractivity contribution in [1.29, 1.82) is 0 Å². The van der Waals surface area contributed by atoms with Crippen molar-refractivity contribution < 1.29 is 4.74 Å². The first-order valence-electron chi connectivity index (χ1n) is 6.59. The summed E-state index contributed by atoms with van der Waals surface area (Å²) in [6, 6.07) is 5.84. The topological polar surface area (TPSA) is 48.1 Å². The zero-order valence-electron chi connectivity index (χ0n) is 11.9. The van der Waals surface area contributed by atoms with Crippen LogP contribution in [-0.2, 0) is 6.61 Å². The molecule has 5 heteroatoms. The van der Waals surface area contributed by atoms with Gasteiger partial charge in [-0.15, -0.1) is 11.3 Å². The molecule has 0 radical (unpaired) electrons. The molecule has 20 heavy (non-hydrogen) atoms. The highest BCUT2D eigenvalue weighted by Crippen LogP contribution is 2.28. The number of nitrogens with zero attached hydrogens (tertiary/aromatic N) is 1. The van der Waals surface area contributed by atoms with Gasteiger partial charge in [0.15, 0.2) is 0 Å². The van der Waals surface area contributed by atoms with Crippen LogP contribution in [0.1, 0.15) is 49.0 Å². The molecule has 1 aromatic heterocycles. The Morgan fingerprint density at radius 2 is 2.10 bits per heavy atom. The van der Waals surface area contributed by atoms with Gasteiger partial charge in [0.2, 0.25) is 0 Å². The average Bonchev–Trinajstić information content (AvgIpc) is 2.86. The zero-order chi connectivity index (χ0) is 14.7. The molecule has 108 valence electrons. The molecule has 0 aliphatic rings. The van der Waals surface area contributed by atoms with E-state index in [0.717, 1.165) is 26.5 Å². The first kappa shape index (κ1) is 15.5. The largest absolute Gasteiger partial charge is 0.487 e. The van der Waals surface area contributed by atoms with Crippen LogP contribution in [0.2, 0.25) is 0 Å². The summed E-state index contributed by atoms with van der Waals surface area (Å²) in [4.78, 5) is 4.57. The SMILES string of the molecule is CC(C)c1nc(COc2ccc(Br)cc2[C@H](C)N)cs1. The molecule has 1 atom stereocenters. The van der Waals surface area contributed by atoms with Crippen molar-refractivity contribution in [3.8, 4) is 5.75 Å². The molecule has 0 unspecified atom stereocenters. The number of thiazole rings is 1. The molecule has 1 heterocycles. The Morgan fingerprint density at radius 1 is 1.35 bits per heavy atom. The molecule has 0 aliphatic carbocycles. The highest BCUT2D eigenvalue weighted by atomic mass is 79.9. The van der Waals surface area contributed by atoms with Crippen molar-refractivity contribution in [2.45, 2.75) is 39.3 Å². The fraction of sp³-hybridized carbons (Fsp3) is 0.400. The quantitative estimate of drug-likeness (QED) is 0.851. The van der Waals surface area contributed by atoms with E-state index in [1.807, 2.05) is 25.1 Å². The lowest BCUT2D eigenvalue weighted by Crippen LogP contribution is -2.08.